The van der Waals surface area contributed by atoms with Gasteiger partial charge < -0.3 is 18.7 Å². The number of hydrogen-bond donors (Lipinski definition) is 1. The Morgan fingerprint density at radius 3 is 1.50 bits per heavy atom. The molecule has 0 amide bonds. The molecule has 0 saturated carbocycles. The standard InChI is InChI=1S/C9H22O3Si.C6H13N/c1-5-9-13(10-6-2,11-7-3)12-8-4;1-5(2)4-6(3)7/h5-9H2,1-4H3;5,7H,4H2,1-3H3. The second-order valence-electron chi connectivity index (χ2n) is 5.11. The third-order valence-electron chi connectivity index (χ3n) is 2.36. The molecule has 0 atom stereocenters. The van der Waals surface area contributed by atoms with E-state index in [0.717, 1.165) is 24.6 Å². The van der Waals surface area contributed by atoms with Crippen molar-refractivity contribution in [3.8, 4) is 0 Å². The topological polar surface area (TPSA) is 51.5 Å². The van der Waals surface area contributed by atoms with Crippen LogP contribution in [0, 0.1) is 11.3 Å². The van der Waals surface area contributed by atoms with Crippen LogP contribution in [0.5, 0.6) is 0 Å². The molecule has 4 nitrogen and oxygen atoms in total. The quantitative estimate of drug-likeness (QED) is 0.477. The van der Waals surface area contributed by atoms with E-state index in [9.17, 15) is 0 Å². The molecule has 0 radical (unpaired) electrons. The fourth-order valence-corrected chi connectivity index (χ4v) is 4.53. The molecule has 5 heteroatoms. The predicted octanol–water partition coefficient (Wildman–Crippen LogP) is 4.52. The van der Waals surface area contributed by atoms with E-state index in [0.29, 0.717) is 25.7 Å². The van der Waals surface area contributed by atoms with Crippen LogP contribution in [0.3, 0.4) is 0 Å². The number of nitrogens with one attached hydrogen (secondary N) is 1. The molecular weight excluding hydrogens is 270 g/mol. The van der Waals surface area contributed by atoms with Gasteiger partial charge >= 0.3 is 8.80 Å². The zero-order valence-electron chi connectivity index (χ0n) is 14.5. The smallest absolute Gasteiger partial charge is 0.374 e. The second kappa shape index (κ2) is 13.7. The van der Waals surface area contributed by atoms with Crippen LogP contribution in [-0.4, -0.2) is 34.3 Å². The van der Waals surface area contributed by atoms with Gasteiger partial charge in [0.15, 0.2) is 0 Å². The highest BCUT2D eigenvalue weighted by atomic mass is 28.4. The minimum absolute atomic E-state index is 0.650. The highest BCUT2D eigenvalue weighted by Gasteiger charge is 2.38. The number of rotatable bonds is 10. The molecule has 0 saturated heterocycles. The summed E-state index contributed by atoms with van der Waals surface area (Å²) in [6.45, 7) is 16.2. The summed E-state index contributed by atoms with van der Waals surface area (Å²) in [4.78, 5) is 0. The van der Waals surface area contributed by atoms with E-state index in [1.54, 1.807) is 0 Å². The summed E-state index contributed by atoms with van der Waals surface area (Å²) in [5, 5.41) is 7.02. The molecule has 0 spiro atoms. The first-order valence-electron chi connectivity index (χ1n) is 7.83. The van der Waals surface area contributed by atoms with Crippen LogP contribution < -0.4 is 0 Å². The van der Waals surface area contributed by atoms with Crippen molar-refractivity contribution in [1.29, 1.82) is 5.41 Å². The van der Waals surface area contributed by atoms with Crippen molar-refractivity contribution in [2.75, 3.05) is 19.8 Å². The molecule has 0 heterocycles. The lowest BCUT2D eigenvalue weighted by atomic mass is 10.1. The van der Waals surface area contributed by atoms with Crippen molar-refractivity contribution < 1.29 is 13.3 Å². The Morgan fingerprint density at radius 2 is 1.35 bits per heavy atom. The second-order valence-corrected chi connectivity index (χ2v) is 7.84. The first-order valence-corrected chi connectivity index (χ1v) is 9.76. The summed E-state index contributed by atoms with van der Waals surface area (Å²) >= 11 is 0. The lowest BCUT2D eigenvalue weighted by molar-refractivity contribution is 0.0712. The highest BCUT2D eigenvalue weighted by Crippen LogP contribution is 2.17. The van der Waals surface area contributed by atoms with E-state index in [1.165, 1.54) is 0 Å². The summed E-state index contributed by atoms with van der Waals surface area (Å²) in [5.74, 6) is 0.650. The molecule has 0 fully saturated rings. The van der Waals surface area contributed by atoms with Gasteiger partial charge in [-0.1, -0.05) is 27.2 Å². The zero-order chi connectivity index (χ0) is 16.0. The SMILES string of the molecule is CC(=N)CC(C)C.CCC[Si](OCC)(OCC)OCC. The Balaban J connectivity index is 0. The molecule has 0 bridgehead atoms. The maximum atomic E-state index is 7.02. The van der Waals surface area contributed by atoms with E-state index >= 15 is 0 Å². The molecule has 1 N–H and O–H groups in total. The normalized spacial score (nSPS) is 11.2. The molecule has 122 valence electrons. The van der Waals surface area contributed by atoms with Crippen molar-refractivity contribution in [3.63, 3.8) is 0 Å². The fraction of sp³-hybridized carbons (Fsp3) is 0.933. The van der Waals surface area contributed by atoms with E-state index in [-0.39, 0.29) is 0 Å². The third kappa shape index (κ3) is 12.8. The minimum Gasteiger partial charge on any atom is -0.374 e. The van der Waals surface area contributed by atoms with Crippen molar-refractivity contribution in [1.82, 2.24) is 0 Å². The zero-order valence-corrected chi connectivity index (χ0v) is 15.5. The van der Waals surface area contributed by atoms with Crippen LogP contribution in [0.1, 0.15) is 61.3 Å². The average Bonchev–Trinajstić information content (AvgIpc) is 2.29. The van der Waals surface area contributed by atoms with Gasteiger partial charge in [-0.05, 0) is 40.0 Å². The fourth-order valence-electron chi connectivity index (χ4n) is 1.92. The first kappa shape index (κ1) is 22.1. The lowest BCUT2D eigenvalue weighted by Crippen LogP contribution is -2.45. The first-order chi connectivity index (χ1) is 9.37. The molecule has 0 aromatic rings. The Bertz CT molecular complexity index is 206. The monoisotopic (exact) mass is 305 g/mol. The summed E-state index contributed by atoms with van der Waals surface area (Å²) in [5.41, 5.74) is 0.787. The highest BCUT2D eigenvalue weighted by molar-refractivity contribution is 6.60. The largest absolute Gasteiger partial charge is 0.500 e. The van der Waals surface area contributed by atoms with Crippen molar-refractivity contribution in [2.24, 2.45) is 5.92 Å². The molecule has 0 aliphatic heterocycles. The van der Waals surface area contributed by atoms with Crippen LogP contribution in [0.2, 0.25) is 6.04 Å². The van der Waals surface area contributed by atoms with Gasteiger partial charge in [0.25, 0.3) is 0 Å². The van der Waals surface area contributed by atoms with Crippen LogP contribution in [0.15, 0.2) is 0 Å². The predicted molar refractivity (Wildman–Crippen MR) is 88.6 cm³/mol. The molecular formula is C15H35NO3Si. The number of hydrogen-bond acceptors (Lipinski definition) is 4. The molecule has 0 aliphatic carbocycles. The van der Waals surface area contributed by atoms with Gasteiger partial charge in [-0.15, -0.1) is 0 Å². The minimum atomic E-state index is -2.30. The average molecular weight is 306 g/mol. The molecule has 20 heavy (non-hydrogen) atoms. The Kier molecular flexibility index (Phi) is 15.1. The van der Waals surface area contributed by atoms with Crippen LogP contribution in [-0.2, 0) is 13.3 Å². The molecule has 0 aromatic heterocycles. The molecule has 0 aromatic carbocycles. The van der Waals surface area contributed by atoms with E-state index in [2.05, 4.69) is 20.8 Å². The Morgan fingerprint density at radius 1 is 0.950 bits per heavy atom. The van der Waals surface area contributed by atoms with Crippen molar-refractivity contribution in [2.45, 2.75) is 67.4 Å². The van der Waals surface area contributed by atoms with Gasteiger partial charge in [0.2, 0.25) is 0 Å². The summed E-state index contributed by atoms with van der Waals surface area (Å²) in [6, 6.07) is 0.919. The van der Waals surface area contributed by atoms with Gasteiger partial charge in [-0.2, -0.15) is 0 Å². The van der Waals surface area contributed by atoms with Gasteiger partial charge in [-0.25, -0.2) is 0 Å². The van der Waals surface area contributed by atoms with Crippen molar-refractivity contribution >= 4 is 14.5 Å². The van der Waals surface area contributed by atoms with Crippen LogP contribution >= 0.6 is 0 Å². The van der Waals surface area contributed by atoms with E-state index < -0.39 is 8.80 Å². The van der Waals surface area contributed by atoms with Crippen LogP contribution in [0.4, 0.5) is 0 Å². The molecule has 0 rings (SSSR count). The van der Waals surface area contributed by atoms with Crippen molar-refractivity contribution in [3.05, 3.63) is 0 Å². The maximum Gasteiger partial charge on any atom is 0.500 e. The maximum absolute atomic E-state index is 7.02. The van der Waals surface area contributed by atoms with Gasteiger partial charge in [0.1, 0.15) is 0 Å². The Labute approximate surface area is 127 Å². The van der Waals surface area contributed by atoms with Gasteiger partial charge in [0, 0.05) is 31.6 Å². The summed E-state index contributed by atoms with van der Waals surface area (Å²) < 4.78 is 16.9. The van der Waals surface area contributed by atoms with E-state index in [4.69, 9.17) is 18.7 Å². The summed E-state index contributed by atoms with van der Waals surface area (Å²) in [6.07, 6.45) is 1.99. The van der Waals surface area contributed by atoms with E-state index in [1.807, 2.05) is 27.7 Å². The third-order valence-corrected chi connectivity index (χ3v) is 5.66. The Hall–Kier alpha value is -0.233. The van der Waals surface area contributed by atoms with Gasteiger partial charge in [-0.3, -0.25) is 0 Å². The summed E-state index contributed by atoms with van der Waals surface area (Å²) in [7, 11) is -2.30. The van der Waals surface area contributed by atoms with Gasteiger partial charge in [0.05, 0.1) is 0 Å². The lowest BCUT2D eigenvalue weighted by Gasteiger charge is -2.27. The molecule has 0 unspecified atom stereocenters. The van der Waals surface area contributed by atoms with Crippen LogP contribution in [0.25, 0.3) is 0 Å². The molecule has 0 aliphatic rings.